The summed E-state index contributed by atoms with van der Waals surface area (Å²) in [6, 6.07) is 6.48. The Labute approximate surface area is 98.6 Å². The Hall–Kier alpha value is 0.01000. The molecule has 1 rings (SSSR count). The van der Waals surface area contributed by atoms with Crippen molar-refractivity contribution < 1.29 is 0 Å². The Kier molecular flexibility index (Phi) is 5.60. The number of nitrogens with two attached hydrogens (primary N) is 1. The molecule has 3 heteroatoms. The van der Waals surface area contributed by atoms with Crippen LogP contribution in [0.15, 0.2) is 27.6 Å². The topological polar surface area (TPSA) is 26.0 Å². The van der Waals surface area contributed by atoms with E-state index in [0.29, 0.717) is 0 Å². The molecule has 1 nitrogen and oxygen atoms in total. The van der Waals surface area contributed by atoms with Crippen LogP contribution in [-0.4, -0.2) is 12.3 Å². The lowest BCUT2D eigenvalue weighted by Gasteiger charge is -2.04. The van der Waals surface area contributed by atoms with Gasteiger partial charge in [0, 0.05) is 9.37 Å². The van der Waals surface area contributed by atoms with Crippen LogP contribution in [-0.2, 0) is 0 Å². The summed E-state index contributed by atoms with van der Waals surface area (Å²) in [6.07, 6.45) is 2.32. The van der Waals surface area contributed by atoms with E-state index in [-0.39, 0.29) is 0 Å². The van der Waals surface area contributed by atoms with Gasteiger partial charge in [-0.25, -0.2) is 0 Å². The second kappa shape index (κ2) is 6.49. The normalized spacial score (nSPS) is 10.5. The van der Waals surface area contributed by atoms with E-state index in [0.717, 1.165) is 18.7 Å². The highest BCUT2D eigenvalue weighted by molar-refractivity contribution is 9.10. The Morgan fingerprint density at radius 1 is 1.36 bits per heavy atom. The SMILES string of the molecule is Cc1ccc(SCCCCN)c(Br)c1. The van der Waals surface area contributed by atoms with E-state index in [2.05, 4.69) is 41.1 Å². The zero-order valence-corrected chi connectivity index (χ0v) is 10.8. The van der Waals surface area contributed by atoms with Gasteiger partial charge in [-0.15, -0.1) is 11.8 Å². The first-order chi connectivity index (χ1) is 6.74. The summed E-state index contributed by atoms with van der Waals surface area (Å²) in [7, 11) is 0. The van der Waals surface area contributed by atoms with Gasteiger partial charge >= 0.3 is 0 Å². The third-order valence-electron chi connectivity index (χ3n) is 1.94. The average Bonchev–Trinajstić information content (AvgIpc) is 2.15. The molecular weight excluding hydrogens is 258 g/mol. The number of aryl methyl sites for hydroxylation is 1. The van der Waals surface area contributed by atoms with E-state index in [1.165, 1.54) is 21.4 Å². The minimum atomic E-state index is 0.801. The predicted molar refractivity (Wildman–Crippen MR) is 67.9 cm³/mol. The fraction of sp³-hybridized carbons (Fsp3) is 0.455. The van der Waals surface area contributed by atoms with Gasteiger partial charge < -0.3 is 5.73 Å². The molecule has 0 atom stereocenters. The molecule has 0 aliphatic carbocycles. The largest absolute Gasteiger partial charge is 0.330 e. The number of halogens is 1. The van der Waals surface area contributed by atoms with Crippen LogP contribution in [0.4, 0.5) is 0 Å². The predicted octanol–water partition coefficient (Wildman–Crippen LogP) is 3.59. The van der Waals surface area contributed by atoms with Crippen LogP contribution in [0.5, 0.6) is 0 Å². The van der Waals surface area contributed by atoms with Crippen LogP contribution in [0.2, 0.25) is 0 Å². The molecule has 0 fully saturated rings. The maximum atomic E-state index is 5.44. The summed E-state index contributed by atoms with van der Waals surface area (Å²) in [6.45, 7) is 2.91. The third-order valence-corrected chi connectivity index (χ3v) is 4.02. The summed E-state index contributed by atoms with van der Waals surface area (Å²) in [5, 5.41) is 0. The lowest BCUT2D eigenvalue weighted by Crippen LogP contribution is -1.98. The van der Waals surface area contributed by atoms with Crippen molar-refractivity contribution in [2.45, 2.75) is 24.7 Å². The summed E-state index contributed by atoms with van der Waals surface area (Å²) < 4.78 is 1.20. The molecule has 0 aliphatic rings. The van der Waals surface area contributed by atoms with Crippen LogP contribution in [0.1, 0.15) is 18.4 Å². The van der Waals surface area contributed by atoms with Crippen molar-refractivity contribution in [2.75, 3.05) is 12.3 Å². The molecule has 78 valence electrons. The van der Waals surface area contributed by atoms with Crippen molar-refractivity contribution in [3.05, 3.63) is 28.2 Å². The standard InChI is InChI=1S/C11H16BrNS/c1-9-4-5-11(10(12)8-9)14-7-3-2-6-13/h4-5,8H,2-3,6-7,13H2,1H3. The van der Waals surface area contributed by atoms with E-state index < -0.39 is 0 Å². The first-order valence-electron chi connectivity index (χ1n) is 4.83. The first-order valence-corrected chi connectivity index (χ1v) is 6.61. The number of hydrogen-bond acceptors (Lipinski definition) is 2. The van der Waals surface area contributed by atoms with Gasteiger partial charge in [0.25, 0.3) is 0 Å². The lowest BCUT2D eigenvalue weighted by atomic mass is 10.2. The molecule has 0 amide bonds. The fourth-order valence-electron chi connectivity index (χ4n) is 1.15. The highest BCUT2D eigenvalue weighted by Crippen LogP contribution is 2.28. The van der Waals surface area contributed by atoms with Gasteiger partial charge in [0.1, 0.15) is 0 Å². The summed E-state index contributed by atoms with van der Waals surface area (Å²) in [5.41, 5.74) is 6.73. The maximum absolute atomic E-state index is 5.44. The number of benzene rings is 1. The quantitative estimate of drug-likeness (QED) is 0.656. The molecular formula is C11H16BrNS. The zero-order valence-electron chi connectivity index (χ0n) is 8.42. The Bertz CT molecular complexity index is 289. The van der Waals surface area contributed by atoms with Crippen molar-refractivity contribution in [3.8, 4) is 0 Å². The van der Waals surface area contributed by atoms with Crippen LogP contribution >= 0.6 is 27.7 Å². The van der Waals surface area contributed by atoms with E-state index in [1.54, 1.807) is 0 Å². The van der Waals surface area contributed by atoms with Gasteiger partial charge in [-0.2, -0.15) is 0 Å². The minimum absolute atomic E-state index is 0.801. The van der Waals surface area contributed by atoms with Gasteiger partial charge in [0.05, 0.1) is 0 Å². The van der Waals surface area contributed by atoms with E-state index in [1.807, 2.05) is 11.8 Å². The zero-order chi connectivity index (χ0) is 10.4. The molecule has 1 aromatic carbocycles. The highest BCUT2D eigenvalue weighted by atomic mass is 79.9. The van der Waals surface area contributed by atoms with Gasteiger partial charge in [-0.3, -0.25) is 0 Å². The maximum Gasteiger partial charge on any atom is 0.0313 e. The second-order valence-corrected chi connectivity index (χ2v) is 5.27. The monoisotopic (exact) mass is 273 g/mol. The van der Waals surface area contributed by atoms with Gasteiger partial charge in [0.15, 0.2) is 0 Å². The molecule has 0 aromatic heterocycles. The van der Waals surface area contributed by atoms with E-state index in [4.69, 9.17) is 5.73 Å². The molecule has 0 saturated carbocycles. The smallest absolute Gasteiger partial charge is 0.0313 e. The van der Waals surface area contributed by atoms with E-state index >= 15 is 0 Å². The average molecular weight is 274 g/mol. The Balaban J connectivity index is 2.42. The van der Waals surface area contributed by atoms with Crippen molar-refractivity contribution in [1.29, 1.82) is 0 Å². The summed E-state index contributed by atoms with van der Waals surface area (Å²) in [5.74, 6) is 1.15. The van der Waals surface area contributed by atoms with Crippen molar-refractivity contribution in [1.82, 2.24) is 0 Å². The van der Waals surface area contributed by atoms with Gasteiger partial charge in [-0.1, -0.05) is 6.07 Å². The van der Waals surface area contributed by atoms with Crippen molar-refractivity contribution >= 4 is 27.7 Å². The molecule has 0 bridgehead atoms. The van der Waals surface area contributed by atoms with Crippen LogP contribution in [0, 0.1) is 6.92 Å². The lowest BCUT2D eigenvalue weighted by molar-refractivity contribution is 0.814. The molecule has 1 aromatic rings. The molecule has 0 spiro atoms. The highest BCUT2D eigenvalue weighted by Gasteiger charge is 1.99. The minimum Gasteiger partial charge on any atom is -0.330 e. The summed E-state index contributed by atoms with van der Waals surface area (Å²) in [4.78, 5) is 1.33. The molecule has 0 saturated heterocycles. The molecule has 0 unspecified atom stereocenters. The van der Waals surface area contributed by atoms with Crippen molar-refractivity contribution in [2.24, 2.45) is 5.73 Å². The molecule has 0 radical (unpaired) electrons. The van der Waals surface area contributed by atoms with Crippen LogP contribution in [0.3, 0.4) is 0 Å². The fourth-order valence-corrected chi connectivity index (χ4v) is 2.92. The first kappa shape index (κ1) is 12.1. The molecule has 2 N–H and O–H groups in total. The Morgan fingerprint density at radius 3 is 2.79 bits per heavy atom. The number of hydrogen-bond donors (Lipinski definition) is 1. The van der Waals surface area contributed by atoms with Crippen LogP contribution < -0.4 is 5.73 Å². The summed E-state index contributed by atoms with van der Waals surface area (Å²) >= 11 is 5.46. The number of thioether (sulfide) groups is 1. The molecule has 0 heterocycles. The van der Waals surface area contributed by atoms with E-state index in [9.17, 15) is 0 Å². The molecule has 0 aliphatic heterocycles. The molecule has 14 heavy (non-hydrogen) atoms. The number of unbranched alkanes of at least 4 members (excludes halogenated alkanes) is 1. The van der Waals surface area contributed by atoms with Gasteiger partial charge in [-0.05, 0) is 65.7 Å². The van der Waals surface area contributed by atoms with Crippen LogP contribution in [0.25, 0.3) is 0 Å². The Morgan fingerprint density at radius 2 is 2.14 bits per heavy atom. The van der Waals surface area contributed by atoms with Crippen molar-refractivity contribution in [3.63, 3.8) is 0 Å². The van der Waals surface area contributed by atoms with Gasteiger partial charge in [0.2, 0.25) is 0 Å². The second-order valence-electron chi connectivity index (χ2n) is 3.28. The third kappa shape index (κ3) is 4.03. The number of rotatable bonds is 5.